The molecule has 1 aromatic carbocycles. The topological polar surface area (TPSA) is 54.4 Å². The Morgan fingerprint density at radius 1 is 1.23 bits per heavy atom. The van der Waals surface area contributed by atoms with Crippen LogP contribution in [0.5, 0.6) is 0 Å². The zero-order valence-corrected chi connectivity index (χ0v) is 18.6. The molecule has 144 valence electrons. The Labute approximate surface area is 162 Å². The summed E-state index contributed by atoms with van der Waals surface area (Å²) >= 11 is 1.68. The number of nitrogens with zero attached hydrogens (tertiary/aromatic N) is 1. The highest BCUT2D eigenvalue weighted by molar-refractivity contribution is 7.11. The molecule has 0 fully saturated rings. The molecule has 0 aliphatic carbocycles. The predicted octanol–water partition coefficient (Wildman–Crippen LogP) is 5.05. The van der Waals surface area contributed by atoms with Gasteiger partial charge in [0.2, 0.25) is 0 Å². The van der Waals surface area contributed by atoms with Gasteiger partial charge in [-0.1, -0.05) is 51.1 Å². The van der Waals surface area contributed by atoms with E-state index in [-0.39, 0.29) is 11.1 Å². The van der Waals surface area contributed by atoms with E-state index >= 15 is 0 Å². The summed E-state index contributed by atoms with van der Waals surface area (Å²) in [6.07, 6.45) is 1.43. The van der Waals surface area contributed by atoms with Gasteiger partial charge in [0.25, 0.3) is 0 Å². The molecule has 1 heterocycles. The van der Waals surface area contributed by atoms with Crippen LogP contribution in [0.1, 0.15) is 55.4 Å². The first kappa shape index (κ1) is 21.2. The van der Waals surface area contributed by atoms with Crippen LogP contribution in [0.25, 0.3) is 0 Å². The van der Waals surface area contributed by atoms with Crippen molar-refractivity contribution in [2.24, 2.45) is 0 Å². The lowest BCUT2D eigenvalue weighted by Crippen LogP contribution is -2.41. The first-order valence-corrected chi connectivity index (χ1v) is 12.9. The fourth-order valence-electron chi connectivity index (χ4n) is 2.39. The minimum Gasteiger partial charge on any atom is -0.408 e. The van der Waals surface area contributed by atoms with Gasteiger partial charge in [-0.3, -0.25) is 0 Å². The highest BCUT2D eigenvalue weighted by Gasteiger charge is 2.39. The van der Waals surface area contributed by atoms with Crippen LogP contribution >= 0.6 is 11.3 Å². The molecule has 0 bridgehead atoms. The van der Waals surface area contributed by atoms with Gasteiger partial charge in [0.05, 0.1) is 12.2 Å². The SMILES string of the molecule is C[C@H](O[Si](C)(C)C(C)(C)C)c1ncc(CNC[C@H](O)c2ccccc2)s1. The van der Waals surface area contributed by atoms with Gasteiger partial charge in [0.1, 0.15) is 5.01 Å². The minimum absolute atomic E-state index is 0.0181. The van der Waals surface area contributed by atoms with Crippen LogP contribution in [-0.2, 0) is 11.0 Å². The van der Waals surface area contributed by atoms with Crippen molar-refractivity contribution >= 4 is 19.7 Å². The van der Waals surface area contributed by atoms with Crippen molar-refractivity contribution in [3.05, 3.63) is 52.0 Å². The van der Waals surface area contributed by atoms with E-state index in [0.29, 0.717) is 13.1 Å². The molecule has 4 nitrogen and oxygen atoms in total. The quantitative estimate of drug-likeness (QED) is 0.617. The molecule has 0 amide bonds. The van der Waals surface area contributed by atoms with Crippen LogP contribution in [0.2, 0.25) is 18.1 Å². The maximum Gasteiger partial charge on any atom is 0.193 e. The van der Waals surface area contributed by atoms with Crippen molar-refractivity contribution < 1.29 is 9.53 Å². The molecular weight excluding hydrogens is 360 g/mol. The third-order valence-corrected chi connectivity index (χ3v) is 10.7. The van der Waals surface area contributed by atoms with E-state index in [9.17, 15) is 5.11 Å². The first-order valence-electron chi connectivity index (χ1n) is 9.16. The molecule has 26 heavy (non-hydrogen) atoms. The molecule has 0 radical (unpaired) electrons. The molecular formula is C20H32N2O2SSi. The maximum absolute atomic E-state index is 10.2. The van der Waals surface area contributed by atoms with Gasteiger partial charge in [0, 0.05) is 24.2 Å². The number of aliphatic hydroxyl groups excluding tert-OH is 1. The second kappa shape index (κ2) is 8.76. The number of aliphatic hydroxyl groups is 1. The van der Waals surface area contributed by atoms with Gasteiger partial charge in [-0.05, 0) is 30.6 Å². The van der Waals surface area contributed by atoms with Gasteiger partial charge in [-0.15, -0.1) is 11.3 Å². The first-order chi connectivity index (χ1) is 12.1. The molecule has 2 atom stereocenters. The number of thiazole rings is 1. The Morgan fingerprint density at radius 3 is 2.50 bits per heavy atom. The number of benzene rings is 1. The summed E-state index contributed by atoms with van der Waals surface area (Å²) in [6, 6.07) is 9.72. The summed E-state index contributed by atoms with van der Waals surface area (Å²) in [6.45, 7) is 14.6. The molecule has 0 unspecified atom stereocenters. The number of hydrogen-bond acceptors (Lipinski definition) is 5. The predicted molar refractivity (Wildman–Crippen MR) is 112 cm³/mol. The van der Waals surface area contributed by atoms with E-state index in [1.54, 1.807) is 11.3 Å². The van der Waals surface area contributed by atoms with E-state index in [1.807, 2.05) is 36.5 Å². The van der Waals surface area contributed by atoms with Crippen LogP contribution in [0.15, 0.2) is 36.5 Å². The third-order valence-electron chi connectivity index (χ3n) is 5.02. The van der Waals surface area contributed by atoms with Crippen LogP contribution in [-0.4, -0.2) is 25.0 Å². The van der Waals surface area contributed by atoms with E-state index in [4.69, 9.17) is 4.43 Å². The summed E-state index contributed by atoms with van der Waals surface area (Å²) in [5.74, 6) is 0. The summed E-state index contributed by atoms with van der Waals surface area (Å²) in [4.78, 5) is 5.71. The standard InChI is InChI=1S/C20H32N2O2SSi/c1-15(24-26(5,6)20(2,3)4)19-22-13-17(25-19)12-21-14-18(23)16-10-8-7-9-11-16/h7-11,13,15,18,21,23H,12,14H2,1-6H3/t15-,18-/m0/s1. The van der Waals surface area contributed by atoms with E-state index in [0.717, 1.165) is 15.4 Å². The van der Waals surface area contributed by atoms with Crippen LogP contribution in [0, 0.1) is 0 Å². The molecule has 0 aliphatic rings. The van der Waals surface area contributed by atoms with Gasteiger partial charge < -0.3 is 14.8 Å². The fourth-order valence-corrected chi connectivity index (χ4v) is 4.69. The van der Waals surface area contributed by atoms with E-state index < -0.39 is 14.4 Å². The zero-order chi connectivity index (χ0) is 19.4. The van der Waals surface area contributed by atoms with Gasteiger partial charge >= 0.3 is 0 Å². The zero-order valence-electron chi connectivity index (χ0n) is 16.7. The number of rotatable bonds is 8. The lowest BCUT2D eigenvalue weighted by atomic mass is 10.1. The van der Waals surface area contributed by atoms with Gasteiger partial charge in [-0.25, -0.2) is 4.98 Å². The van der Waals surface area contributed by atoms with E-state index in [1.165, 1.54) is 0 Å². The average molecular weight is 393 g/mol. The van der Waals surface area contributed by atoms with Crippen molar-refractivity contribution in [1.29, 1.82) is 0 Å². The average Bonchev–Trinajstić information content (AvgIpc) is 3.03. The van der Waals surface area contributed by atoms with Crippen LogP contribution in [0.3, 0.4) is 0 Å². The summed E-state index contributed by atoms with van der Waals surface area (Å²) < 4.78 is 6.43. The lowest BCUT2D eigenvalue weighted by Gasteiger charge is -2.38. The Bertz CT molecular complexity index is 683. The normalized spacial score (nSPS) is 15.0. The van der Waals surface area contributed by atoms with E-state index in [2.05, 4.69) is 51.1 Å². The van der Waals surface area contributed by atoms with Gasteiger partial charge in [0.15, 0.2) is 8.32 Å². The van der Waals surface area contributed by atoms with Crippen molar-refractivity contribution in [2.45, 2.75) is 64.6 Å². The van der Waals surface area contributed by atoms with Crippen molar-refractivity contribution in [1.82, 2.24) is 10.3 Å². The molecule has 6 heteroatoms. The fraction of sp³-hybridized carbons (Fsp3) is 0.550. The number of aromatic nitrogens is 1. The van der Waals surface area contributed by atoms with Crippen molar-refractivity contribution in [3.8, 4) is 0 Å². The van der Waals surface area contributed by atoms with Crippen molar-refractivity contribution in [2.75, 3.05) is 6.54 Å². The summed E-state index contributed by atoms with van der Waals surface area (Å²) in [7, 11) is -1.80. The molecule has 2 rings (SSSR count). The smallest absolute Gasteiger partial charge is 0.193 e. The molecule has 2 N–H and O–H groups in total. The Kier molecular flexibility index (Phi) is 7.16. The highest BCUT2D eigenvalue weighted by atomic mass is 32.1. The largest absolute Gasteiger partial charge is 0.408 e. The maximum atomic E-state index is 10.2. The van der Waals surface area contributed by atoms with Crippen LogP contribution < -0.4 is 5.32 Å². The second-order valence-corrected chi connectivity index (χ2v) is 14.1. The number of nitrogens with one attached hydrogen (secondary N) is 1. The number of hydrogen-bond donors (Lipinski definition) is 2. The summed E-state index contributed by atoms with van der Waals surface area (Å²) in [5.41, 5.74) is 0.932. The highest BCUT2D eigenvalue weighted by Crippen LogP contribution is 2.40. The minimum atomic E-state index is -1.80. The summed E-state index contributed by atoms with van der Waals surface area (Å²) in [5, 5.41) is 14.7. The van der Waals surface area contributed by atoms with Gasteiger partial charge in [-0.2, -0.15) is 0 Å². The molecule has 0 saturated heterocycles. The molecule has 2 aromatic rings. The molecule has 0 spiro atoms. The Hall–Kier alpha value is -1.05. The van der Waals surface area contributed by atoms with Crippen LogP contribution in [0.4, 0.5) is 0 Å². The Morgan fingerprint density at radius 2 is 1.88 bits per heavy atom. The Balaban J connectivity index is 1.85. The second-order valence-electron chi connectivity index (χ2n) is 8.24. The molecule has 1 aromatic heterocycles. The lowest BCUT2D eigenvalue weighted by molar-refractivity contribution is 0.174. The third kappa shape index (κ3) is 5.72. The molecule has 0 saturated carbocycles. The monoisotopic (exact) mass is 392 g/mol. The molecule has 0 aliphatic heterocycles. The van der Waals surface area contributed by atoms with Crippen molar-refractivity contribution in [3.63, 3.8) is 0 Å².